The number of benzene rings is 2. The summed E-state index contributed by atoms with van der Waals surface area (Å²) in [5.41, 5.74) is 1.57. The largest absolute Gasteiger partial charge is 0.497 e. The van der Waals surface area contributed by atoms with Gasteiger partial charge in [0, 0.05) is 25.8 Å². The van der Waals surface area contributed by atoms with Crippen LogP contribution in [0.5, 0.6) is 11.5 Å². The molecule has 30 heavy (non-hydrogen) atoms. The van der Waals surface area contributed by atoms with Crippen LogP contribution in [0.2, 0.25) is 0 Å². The zero-order chi connectivity index (χ0) is 21.9. The standard InChI is InChI=1S/C22H28N2O5S/c1-16-7-12-20(29-4)21(14-16)30(26,27)24-13-5-6-17(15-24)22(25)23(2)18-8-10-19(28-3)11-9-18/h7-12,14,17H,5-6,13,15H2,1-4H3/t17-/m1/s1. The number of ether oxygens (including phenoxy) is 2. The Morgan fingerprint density at radius 2 is 1.80 bits per heavy atom. The van der Waals surface area contributed by atoms with E-state index < -0.39 is 15.9 Å². The van der Waals surface area contributed by atoms with E-state index in [2.05, 4.69) is 0 Å². The second kappa shape index (κ2) is 9.06. The molecule has 0 bridgehead atoms. The van der Waals surface area contributed by atoms with Crippen molar-refractivity contribution in [2.45, 2.75) is 24.7 Å². The van der Waals surface area contributed by atoms with E-state index in [0.29, 0.717) is 30.9 Å². The minimum absolute atomic E-state index is 0.101. The quantitative estimate of drug-likeness (QED) is 0.701. The molecule has 0 spiro atoms. The maximum atomic E-state index is 13.3. The predicted octanol–water partition coefficient (Wildman–Crippen LogP) is 3.08. The molecule has 1 aliphatic heterocycles. The summed E-state index contributed by atoms with van der Waals surface area (Å²) in [4.78, 5) is 14.8. The molecule has 1 heterocycles. The third-order valence-electron chi connectivity index (χ3n) is 5.46. The molecular weight excluding hydrogens is 404 g/mol. The summed E-state index contributed by atoms with van der Waals surface area (Å²) in [7, 11) is 0.979. The summed E-state index contributed by atoms with van der Waals surface area (Å²) in [5, 5.41) is 0. The first-order valence-electron chi connectivity index (χ1n) is 9.84. The highest BCUT2D eigenvalue weighted by Crippen LogP contribution is 2.31. The highest BCUT2D eigenvalue weighted by atomic mass is 32.2. The molecule has 0 aliphatic carbocycles. The average molecular weight is 433 g/mol. The number of carbonyl (C=O) groups is 1. The fourth-order valence-corrected chi connectivity index (χ4v) is 5.46. The number of anilines is 1. The number of carbonyl (C=O) groups excluding carboxylic acids is 1. The number of amides is 1. The molecule has 3 rings (SSSR count). The number of hydrogen-bond acceptors (Lipinski definition) is 5. The number of rotatable bonds is 6. The number of hydrogen-bond donors (Lipinski definition) is 0. The first kappa shape index (κ1) is 22.1. The van der Waals surface area contributed by atoms with Gasteiger partial charge in [-0.25, -0.2) is 8.42 Å². The highest BCUT2D eigenvalue weighted by Gasteiger charge is 2.36. The lowest BCUT2D eigenvalue weighted by molar-refractivity contribution is -0.123. The van der Waals surface area contributed by atoms with Crippen LogP contribution in [-0.2, 0) is 14.8 Å². The van der Waals surface area contributed by atoms with Gasteiger partial charge in [0.25, 0.3) is 0 Å². The van der Waals surface area contributed by atoms with Crippen LogP contribution < -0.4 is 14.4 Å². The van der Waals surface area contributed by atoms with Crippen molar-refractivity contribution in [2.75, 3.05) is 39.3 Å². The van der Waals surface area contributed by atoms with Gasteiger partial charge in [0.2, 0.25) is 15.9 Å². The second-order valence-electron chi connectivity index (χ2n) is 7.45. The molecule has 0 saturated carbocycles. The van der Waals surface area contributed by atoms with E-state index in [-0.39, 0.29) is 17.3 Å². The number of piperidine rings is 1. The van der Waals surface area contributed by atoms with Crippen molar-refractivity contribution in [2.24, 2.45) is 5.92 Å². The lowest BCUT2D eigenvalue weighted by atomic mass is 9.98. The Hall–Kier alpha value is -2.58. The summed E-state index contributed by atoms with van der Waals surface area (Å²) in [6.45, 7) is 2.37. The van der Waals surface area contributed by atoms with Crippen LogP contribution in [0.15, 0.2) is 47.4 Å². The molecule has 1 aliphatic rings. The van der Waals surface area contributed by atoms with Gasteiger partial charge >= 0.3 is 0 Å². The van der Waals surface area contributed by atoms with Crippen LogP contribution in [-0.4, -0.2) is 53.0 Å². The third kappa shape index (κ3) is 4.44. The number of methoxy groups -OCH3 is 2. The van der Waals surface area contributed by atoms with E-state index in [1.54, 1.807) is 43.3 Å². The van der Waals surface area contributed by atoms with Gasteiger partial charge in [-0.1, -0.05) is 6.07 Å². The minimum Gasteiger partial charge on any atom is -0.497 e. The van der Waals surface area contributed by atoms with Gasteiger partial charge in [0.15, 0.2) is 0 Å². The van der Waals surface area contributed by atoms with Crippen molar-refractivity contribution in [1.29, 1.82) is 0 Å². The fraction of sp³-hybridized carbons (Fsp3) is 0.409. The van der Waals surface area contributed by atoms with Crippen molar-refractivity contribution in [3.63, 3.8) is 0 Å². The molecule has 1 atom stereocenters. The van der Waals surface area contributed by atoms with E-state index in [9.17, 15) is 13.2 Å². The molecule has 2 aromatic carbocycles. The van der Waals surface area contributed by atoms with Crippen LogP contribution in [0.3, 0.4) is 0 Å². The van der Waals surface area contributed by atoms with Gasteiger partial charge in [-0.15, -0.1) is 0 Å². The zero-order valence-electron chi connectivity index (χ0n) is 17.8. The molecule has 0 aromatic heterocycles. The Bertz CT molecular complexity index is 1000. The topological polar surface area (TPSA) is 76.2 Å². The Labute approximate surface area is 178 Å². The molecule has 0 N–H and O–H groups in total. The van der Waals surface area contributed by atoms with Gasteiger partial charge in [-0.05, 0) is 61.7 Å². The molecule has 0 unspecified atom stereocenters. The first-order valence-corrected chi connectivity index (χ1v) is 11.3. The maximum absolute atomic E-state index is 13.3. The lowest BCUT2D eigenvalue weighted by Gasteiger charge is -2.33. The zero-order valence-corrected chi connectivity index (χ0v) is 18.6. The number of sulfonamides is 1. The van der Waals surface area contributed by atoms with Crippen LogP contribution in [0.1, 0.15) is 18.4 Å². The highest BCUT2D eigenvalue weighted by molar-refractivity contribution is 7.89. The molecule has 0 radical (unpaired) electrons. The molecular formula is C22H28N2O5S. The number of aryl methyl sites for hydroxylation is 1. The Morgan fingerprint density at radius 3 is 2.43 bits per heavy atom. The Kier molecular flexibility index (Phi) is 6.67. The third-order valence-corrected chi connectivity index (χ3v) is 7.35. The number of nitrogens with zero attached hydrogens (tertiary/aromatic N) is 2. The Balaban J connectivity index is 1.80. The van der Waals surface area contributed by atoms with Gasteiger partial charge in [0.1, 0.15) is 16.4 Å². The molecule has 7 nitrogen and oxygen atoms in total. The normalized spacial score (nSPS) is 17.4. The SMILES string of the molecule is COc1ccc(N(C)C(=O)[C@@H]2CCCN(S(=O)(=O)c3cc(C)ccc3OC)C2)cc1. The van der Waals surface area contributed by atoms with Crippen LogP contribution in [0, 0.1) is 12.8 Å². The average Bonchev–Trinajstić information content (AvgIpc) is 2.78. The van der Waals surface area contributed by atoms with Crippen molar-refractivity contribution >= 4 is 21.6 Å². The van der Waals surface area contributed by atoms with E-state index in [4.69, 9.17) is 9.47 Å². The van der Waals surface area contributed by atoms with E-state index >= 15 is 0 Å². The van der Waals surface area contributed by atoms with Crippen molar-refractivity contribution < 1.29 is 22.7 Å². The summed E-state index contributed by atoms with van der Waals surface area (Å²) >= 11 is 0. The summed E-state index contributed by atoms with van der Waals surface area (Å²) in [6, 6.07) is 12.3. The summed E-state index contributed by atoms with van der Waals surface area (Å²) in [6.07, 6.45) is 1.27. The molecule has 162 valence electrons. The van der Waals surface area contributed by atoms with Crippen LogP contribution in [0.4, 0.5) is 5.69 Å². The van der Waals surface area contributed by atoms with Crippen molar-refractivity contribution in [3.05, 3.63) is 48.0 Å². The summed E-state index contributed by atoms with van der Waals surface area (Å²) < 4.78 is 38.4. The monoisotopic (exact) mass is 432 g/mol. The van der Waals surface area contributed by atoms with E-state index in [1.165, 1.54) is 11.4 Å². The van der Waals surface area contributed by atoms with Gasteiger partial charge in [-0.2, -0.15) is 4.31 Å². The van der Waals surface area contributed by atoms with Crippen molar-refractivity contribution in [3.8, 4) is 11.5 Å². The van der Waals surface area contributed by atoms with E-state index in [0.717, 1.165) is 11.3 Å². The van der Waals surface area contributed by atoms with Gasteiger partial charge < -0.3 is 14.4 Å². The molecule has 1 saturated heterocycles. The maximum Gasteiger partial charge on any atom is 0.246 e. The molecule has 1 fully saturated rings. The van der Waals surface area contributed by atoms with Crippen LogP contribution >= 0.6 is 0 Å². The Morgan fingerprint density at radius 1 is 1.10 bits per heavy atom. The molecule has 1 amide bonds. The fourth-order valence-electron chi connectivity index (χ4n) is 3.69. The van der Waals surface area contributed by atoms with Gasteiger partial charge in [0.05, 0.1) is 20.1 Å². The predicted molar refractivity (Wildman–Crippen MR) is 116 cm³/mol. The smallest absolute Gasteiger partial charge is 0.246 e. The van der Waals surface area contributed by atoms with Gasteiger partial charge in [-0.3, -0.25) is 4.79 Å². The van der Waals surface area contributed by atoms with Crippen molar-refractivity contribution in [1.82, 2.24) is 4.31 Å². The van der Waals surface area contributed by atoms with E-state index in [1.807, 2.05) is 25.1 Å². The first-order chi connectivity index (χ1) is 14.3. The second-order valence-corrected chi connectivity index (χ2v) is 9.36. The lowest BCUT2D eigenvalue weighted by Crippen LogP contribution is -2.46. The molecule has 8 heteroatoms. The summed E-state index contributed by atoms with van der Waals surface area (Å²) in [5.74, 6) is 0.513. The molecule has 2 aromatic rings. The minimum atomic E-state index is -3.77. The van der Waals surface area contributed by atoms with Crippen LogP contribution in [0.25, 0.3) is 0 Å².